The number of aliphatic hydroxyl groups excluding tert-OH is 1. The molecule has 0 radical (unpaired) electrons. The number of carbonyl (C=O) groups is 2. The standard InChI is InChI=1S/C23H36O7/c1-15(24)30-13-16(7-6-10-21(2,3)27)17-8-11-22(4)14-23(28,12-9-18(22)25)19(17)20(26)29-5/h6-7,10,17-19,25,27-28H,8-9,11-14H2,1-5H3/b10-6+,16-7-/t17-,18-,19+,22+,23-/m0/s1. The highest BCUT2D eigenvalue weighted by Crippen LogP contribution is 2.54. The van der Waals surface area contributed by atoms with E-state index >= 15 is 0 Å². The van der Waals surface area contributed by atoms with Crippen LogP contribution in [0, 0.1) is 17.3 Å². The van der Waals surface area contributed by atoms with Crippen molar-refractivity contribution < 1.29 is 34.4 Å². The maximum absolute atomic E-state index is 12.9. The molecule has 0 aromatic heterocycles. The number of carbonyl (C=O) groups excluding carboxylic acids is 2. The van der Waals surface area contributed by atoms with Gasteiger partial charge < -0.3 is 24.8 Å². The van der Waals surface area contributed by atoms with Crippen molar-refractivity contribution in [1.82, 2.24) is 0 Å². The molecule has 2 aliphatic rings. The van der Waals surface area contributed by atoms with Gasteiger partial charge in [-0.15, -0.1) is 0 Å². The molecule has 0 aliphatic heterocycles. The van der Waals surface area contributed by atoms with Crippen molar-refractivity contribution in [3.05, 3.63) is 23.8 Å². The molecule has 7 heteroatoms. The van der Waals surface area contributed by atoms with E-state index in [9.17, 15) is 24.9 Å². The van der Waals surface area contributed by atoms with Gasteiger partial charge in [-0.2, -0.15) is 0 Å². The van der Waals surface area contributed by atoms with Crippen LogP contribution < -0.4 is 0 Å². The van der Waals surface area contributed by atoms with E-state index < -0.39 is 46.5 Å². The Labute approximate surface area is 178 Å². The van der Waals surface area contributed by atoms with Gasteiger partial charge in [0.15, 0.2) is 0 Å². The predicted octanol–water partition coefficient (Wildman–Crippen LogP) is 2.28. The smallest absolute Gasteiger partial charge is 0.312 e. The Hall–Kier alpha value is -1.70. The Bertz CT molecular complexity index is 705. The van der Waals surface area contributed by atoms with Crippen LogP contribution in [0.4, 0.5) is 0 Å². The molecule has 30 heavy (non-hydrogen) atoms. The van der Waals surface area contributed by atoms with Crippen LogP contribution in [0.1, 0.15) is 59.8 Å². The first kappa shape index (κ1) is 24.6. The van der Waals surface area contributed by atoms with Crippen LogP contribution in [0.15, 0.2) is 23.8 Å². The summed E-state index contributed by atoms with van der Waals surface area (Å²) in [5, 5.41) is 32.1. The van der Waals surface area contributed by atoms with Crippen molar-refractivity contribution in [2.24, 2.45) is 17.3 Å². The Balaban J connectivity index is 2.51. The summed E-state index contributed by atoms with van der Waals surface area (Å²) >= 11 is 0. The number of esters is 2. The largest absolute Gasteiger partial charge is 0.469 e. The average molecular weight is 425 g/mol. The zero-order chi connectivity index (χ0) is 22.7. The summed E-state index contributed by atoms with van der Waals surface area (Å²) in [7, 11) is 1.30. The van der Waals surface area contributed by atoms with E-state index in [2.05, 4.69) is 0 Å². The first-order chi connectivity index (χ1) is 13.8. The SMILES string of the molecule is COC(=O)[C@H]1[C@H](/C(=C\C=C\C(C)(C)O)COC(C)=O)CC[C@]2(C)C[C@@]1(O)CC[C@@H]2O. The first-order valence-electron chi connectivity index (χ1n) is 10.5. The lowest BCUT2D eigenvalue weighted by Gasteiger charge is -2.47. The summed E-state index contributed by atoms with van der Waals surface area (Å²) in [5.74, 6) is -2.23. The molecule has 2 fully saturated rings. The third-order valence-corrected chi connectivity index (χ3v) is 6.56. The van der Waals surface area contributed by atoms with Crippen LogP contribution in [0.25, 0.3) is 0 Å². The number of methoxy groups -OCH3 is 1. The second-order valence-electron chi connectivity index (χ2n) is 9.67. The lowest BCUT2D eigenvalue weighted by Crippen LogP contribution is -2.53. The van der Waals surface area contributed by atoms with Gasteiger partial charge in [0.05, 0.1) is 30.3 Å². The van der Waals surface area contributed by atoms with Gasteiger partial charge in [-0.3, -0.25) is 9.59 Å². The third-order valence-electron chi connectivity index (χ3n) is 6.56. The number of fused-ring (bicyclic) bond motifs is 2. The molecule has 0 heterocycles. The van der Waals surface area contributed by atoms with E-state index in [4.69, 9.17) is 9.47 Å². The maximum Gasteiger partial charge on any atom is 0.312 e. The van der Waals surface area contributed by atoms with E-state index in [1.54, 1.807) is 32.1 Å². The van der Waals surface area contributed by atoms with E-state index in [1.807, 2.05) is 6.92 Å². The molecule has 170 valence electrons. The normalized spacial score (nSPS) is 35.1. The Kier molecular flexibility index (Phi) is 7.54. The van der Waals surface area contributed by atoms with Gasteiger partial charge in [0.1, 0.15) is 6.61 Å². The molecular weight excluding hydrogens is 388 g/mol. The third kappa shape index (κ3) is 5.71. The highest BCUT2D eigenvalue weighted by Gasteiger charge is 2.57. The topological polar surface area (TPSA) is 113 Å². The highest BCUT2D eigenvalue weighted by molar-refractivity contribution is 5.75. The van der Waals surface area contributed by atoms with Crippen molar-refractivity contribution in [1.29, 1.82) is 0 Å². The van der Waals surface area contributed by atoms with Crippen LogP contribution in [0.2, 0.25) is 0 Å². The van der Waals surface area contributed by atoms with Gasteiger partial charge in [-0.05, 0) is 62.9 Å². The quantitative estimate of drug-likeness (QED) is 0.443. The van der Waals surface area contributed by atoms with E-state index in [-0.39, 0.29) is 6.61 Å². The number of hydrogen-bond acceptors (Lipinski definition) is 7. The summed E-state index contributed by atoms with van der Waals surface area (Å²) in [6, 6.07) is 0. The van der Waals surface area contributed by atoms with Gasteiger partial charge in [0.2, 0.25) is 0 Å². The monoisotopic (exact) mass is 424 g/mol. The lowest BCUT2D eigenvalue weighted by molar-refractivity contribution is -0.170. The second-order valence-corrected chi connectivity index (χ2v) is 9.67. The van der Waals surface area contributed by atoms with Gasteiger partial charge in [0.25, 0.3) is 0 Å². The summed E-state index contributed by atoms with van der Waals surface area (Å²) in [6.07, 6.45) is 6.60. The van der Waals surface area contributed by atoms with E-state index in [1.165, 1.54) is 14.0 Å². The van der Waals surface area contributed by atoms with Gasteiger partial charge in [-0.25, -0.2) is 0 Å². The molecule has 0 spiro atoms. The number of hydrogen-bond donors (Lipinski definition) is 3. The molecule has 2 saturated carbocycles. The molecule has 0 unspecified atom stereocenters. The maximum atomic E-state index is 12.9. The molecule has 7 nitrogen and oxygen atoms in total. The van der Waals surface area contributed by atoms with Crippen LogP contribution in [0.5, 0.6) is 0 Å². The number of allylic oxidation sites excluding steroid dienone is 2. The Morgan fingerprint density at radius 2 is 1.90 bits per heavy atom. The summed E-state index contributed by atoms with van der Waals surface area (Å²) in [5.41, 5.74) is -2.19. The summed E-state index contributed by atoms with van der Waals surface area (Å²) < 4.78 is 10.3. The fraction of sp³-hybridized carbons (Fsp3) is 0.739. The van der Waals surface area contributed by atoms with Gasteiger partial charge in [0, 0.05) is 6.92 Å². The summed E-state index contributed by atoms with van der Waals surface area (Å²) in [4.78, 5) is 24.3. The minimum absolute atomic E-state index is 0.0287. The zero-order valence-corrected chi connectivity index (χ0v) is 18.7. The van der Waals surface area contributed by atoms with Crippen LogP contribution >= 0.6 is 0 Å². The minimum atomic E-state index is -1.32. The average Bonchev–Trinajstić information content (AvgIpc) is 2.73. The molecule has 2 aliphatic carbocycles. The Morgan fingerprint density at radius 1 is 1.23 bits per heavy atom. The Morgan fingerprint density at radius 3 is 2.47 bits per heavy atom. The van der Waals surface area contributed by atoms with Crippen LogP contribution in [0.3, 0.4) is 0 Å². The molecule has 0 amide bonds. The van der Waals surface area contributed by atoms with Crippen molar-refractivity contribution in [2.45, 2.75) is 77.1 Å². The van der Waals surface area contributed by atoms with Crippen LogP contribution in [-0.4, -0.2) is 58.3 Å². The zero-order valence-electron chi connectivity index (χ0n) is 18.7. The van der Waals surface area contributed by atoms with E-state index in [0.717, 1.165) is 0 Å². The second kappa shape index (κ2) is 9.20. The number of aliphatic hydroxyl groups is 3. The number of rotatable bonds is 6. The van der Waals surface area contributed by atoms with Crippen LogP contribution in [-0.2, 0) is 19.1 Å². The van der Waals surface area contributed by atoms with Crippen molar-refractivity contribution in [3.8, 4) is 0 Å². The number of ether oxygens (including phenoxy) is 2. The van der Waals surface area contributed by atoms with E-state index in [0.29, 0.717) is 37.7 Å². The molecule has 0 aromatic carbocycles. The van der Waals surface area contributed by atoms with Crippen molar-refractivity contribution in [3.63, 3.8) is 0 Å². The lowest BCUT2D eigenvalue weighted by atomic mass is 9.63. The first-order valence-corrected chi connectivity index (χ1v) is 10.5. The molecule has 3 N–H and O–H groups in total. The van der Waals surface area contributed by atoms with Gasteiger partial charge >= 0.3 is 11.9 Å². The molecule has 2 bridgehead atoms. The fourth-order valence-electron chi connectivity index (χ4n) is 4.97. The fourth-order valence-corrected chi connectivity index (χ4v) is 4.97. The summed E-state index contributed by atoms with van der Waals surface area (Å²) in [6.45, 7) is 6.51. The molecule has 0 aromatic rings. The molecule has 5 atom stereocenters. The van der Waals surface area contributed by atoms with Gasteiger partial charge in [-0.1, -0.05) is 25.2 Å². The molecular formula is C23H36O7. The van der Waals surface area contributed by atoms with Crippen molar-refractivity contribution >= 4 is 11.9 Å². The molecule has 0 saturated heterocycles. The molecule has 2 rings (SSSR count). The van der Waals surface area contributed by atoms with Crippen molar-refractivity contribution in [2.75, 3.05) is 13.7 Å². The highest BCUT2D eigenvalue weighted by atomic mass is 16.5. The predicted molar refractivity (Wildman–Crippen MR) is 111 cm³/mol. The minimum Gasteiger partial charge on any atom is -0.469 e.